The highest BCUT2D eigenvalue weighted by molar-refractivity contribution is 8.08. The third kappa shape index (κ3) is 1.02. The molecular weight excluding hydrogens is 150 g/mol. The molecule has 8 heavy (non-hydrogen) atoms. The van der Waals surface area contributed by atoms with Gasteiger partial charge in [0.25, 0.3) is 0 Å². The lowest BCUT2D eigenvalue weighted by Gasteiger charge is -2.37. The Hall–Kier alpha value is 0.360. The molecule has 3 nitrogen and oxygen atoms in total. The van der Waals surface area contributed by atoms with E-state index in [0.29, 0.717) is 13.0 Å². The van der Waals surface area contributed by atoms with Crippen molar-refractivity contribution in [1.29, 1.82) is 0 Å². The zero-order valence-electron chi connectivity index (χ0n) is 4.09. The van der Waals surface area contributed by atoms with Gasteiger partial charge < -0.3 is 10.3 Å². The lowest BCUT2D eigenvalue weighted by Crippen LogP contribution is -3.18. The molecular formula is C3H6ClNO2S. The first kappa shape index (κ1) is 6.48. The monoisotopic (exact) mass is 155 g/mol. The fourth-order valence-electron chi connectivity index (χ4n) is 0.576. The van der Waals surface area contributed by atoms with Crippen molar-refractivity contribution in [1.82, 2.24) is 0 Å². The first-order valence-electron chi connectivity index (χ1n) is 2.31. The van der Waals surface area contributed by atoms with Gasteiger partial charge in [0.1, 0.15) is 0 Å². The van der Waals surface area contributed by atoms with Gasteiger partial charge in [-0.05, 0) is 10.7 Å². The second-order valence-electron chi connectivity index (χ2n) is 1.74. The van der Waals surface area contributed by atoms with Crippen molar-refractivity contribution in [2.75, 3.05) is 6.54 Å². The summed E-state index contributed by atoms with van der Waals surface area (Å²) in [5, 5.41) is 10.1. The molecule has 0 saturated carbocycles. The number of nitrogens with one attached hydrogen (secondary N) is 1. The summed E-state index contributed by atoms with van der Waals surface area (Å²) >= 11 is 0. The van der Waals surface area contributed by atoms with E-state index in [1.165, 1.54) is 0 Å². The topological polar surface area (TPSA) is 44.6 Å². The molecule has 1 rings (SSSR count). The smallest absolute Gasteiger partial charge is 0.183 e. The van der Waals surface area contributed by atoms with E-state index >= 15 is 0 Å². The van der Waals surface area contributed by atoms with E-state index in [0.717, 1.165) is 0 Å². The minimum atomic E-state index is -1.43. The quantitative estimate of drug-likeness (QED) is 0.390. The van der Waals surface area contributed by atoms with Crippen LogP contribution in [0.3, 0.4) is 0 Å². The molecule has 3 unspecified atom stereocenters. The Balaban J connectivity index is 2.37. The van der Waals surface area contributed by atoms with Gasteiger partial charge >= 0.3 is 0 Å². The lowest BCUT2D eigenvalue weighted by molar-refractivity contribution is -0.902. The number of hydrogen-bond donors (Lipinski definition) is 1. The predicted molar refractivity (Wildman–Crippen MR) is 31.6 cm³/mol. The Kier molecular flexibility index (Phi) is 1.87. The normalized spacial score (nSPS) is 40.8. The van der Waals surface area contributed by atoms with Gasteiger partial charge in [-0.3, -0.25) is 0 Å². The summed E-state index contributed by atoms with van der Waals surface area (Å²) in [6.45, 7) is 0.559. The van der Waals surface area contributed by atoms with Crippen molar-refractivity contribution < 1.29 is 9.27 Å². The van der Waals surface area contributed by atoms with Gasteiger partial charge in [-0.1, -0.05) is 0 Å². The van der Waals surface area contributed by atoms with Crippen molar-refractivity contribution in [2.24, 2.45) is 0 Å². The average Bonchev–Trinajstić information content (AvgIpc) is 1.61. The van der Waals surface area contributed by atoms with E-state index < -0.39 is 10.0 Å². The molecule has 0 aromatic rings. The van der Waals surface area contributed by atoms with E-state index in [4.69, 9.17) is 10.7 Å². The average molecular weight is 156 g/mol. The molecule has 1 fully saturated rings. The first-order valence-corrected chi connectivity index (χ1v) is 4.35. The summed E-state index contributed by atoms with van der Waals surface area (Å²) in [5.41, 5.74) is 0. The van der Waals surface area contributed by atoms with Crippen LogP contribution in [0, 0.1) is 5.21 Å². The molecule has 0 spiro atoms. The summed E-state index contributed by atoms with van der Waals surface area (Å²) in [7, 11) is 3.69. The van der Waals surface area contributed by atoms with E-state index in [2.05, 4.69) is 0 Å². The Morgan fingerprint density at radius 3 is 2.50 bits per heavy atom. The highest BCUT2D eigenvalue weighted by Gasteiger charge is 2.31. The molecule has 0 bridgehead atoms. The fourth-order valence-corrected chi connectivity index (χ4v) is 1.77. The van der Waals surface area contributed by atoms with E-state index in [1.54, 1.807) is 0 Å². The highest BCUT2D eigenvalue weighted by Crippen LogP contribution is 2.03. The molecule has 0 aromatic carbocycles. The number of quaternary nitrogens is 1. The van der Waals surface area contributed by atoms with Crippen LogP contribution in [0.5, 0.6) is 0 Å². The molecule has 0 amide bonds. The van der Waals surface area contributed by atoms with E-state index in [1.807, 2.05) is 0 Å². The number of hydrogen-bond acceptors (Lipinski definition) is 2. The summed E-state index contributed by atoms with van der Waals surface area (Å²) < 4.78 is 10.3. The van der Waals surface area contributed by atoms with Gasteiger partial charge in [-0.15, -0.1) is 0 Å². The summed E-state index contributed by atoms with van der Waals surface area (Å²) in [4.78, 5) is 0. The van der Waals surface area contributed by atoms with E-state index in [-0.39, 0.29) is 10.4 Å². The highest BCUT2D eigenvalue weighted by atomic mass is 35.7. The molecule has 5 heteroatoms. The molecule has 1 aliphatic heterocycles. The maximum atomic E-state index is 10.4. The van der Waals surface area contributed by atoms with Crippen LogP contribution >= 0.6 is 10.7 Å². The van der Waals surface area contributed by atoms with Crippen LogP contribution in [-0.2, 0) is 10.0 Å². The van der Waals surface area contributed by atoms with Gasteiger partial charge in [0, 0.05) is 0 Å². The second kappa shape index (κ2) is 2.31. The fraction of sp³-hybridized carbons (Fsp3) is 1.00. The molecule has 1 N–H and O–H groups in total. The van der Waals surface area contributed by atoms with Crippen LogP contribution < -0.4 is 5.06 Å². The van der Waals surface area contributed by atoms with Crippen LogP contribution in [0.1, 0.15) is 6.42 Å². The van der Waals surface area contributed by atoms with Crippen molar-refractivity contribution in [3.63, 3.8) is 0 Å². The Labute approximate surface area is 54.2 Å². The number of halogens is 1. The van der Waals surface area contributed by atoms with Crippen LogP contribution in [0.2, 0.25) is 0 Å². The predicted octanol–water partition coefficient (Wildman–Crippen LogP) is -0.999. The second-order valence-corrected chi connectivity index (χ2v) is 3.72. The molecule has 0 aliphatic carbocycles. The van der Waals surface area contributed by atoms with Crippen molar-refractivity contribution >= 4 is 20.7 Å². The van der Waals surface area contributed by atoms with Crippen LogP contribution in [-0.4, -0.2) is 16.1 Å². The third-order valence-corrected chi connectivity index (χ3v) is 2.83. The SMILES string of the molecule is O=S(Cl)C1CC[NH+]1[O-]. The van der Waals surface area contributed by atoms with Crippen LogP contribution in [0.25, 0.3) is 0 Å². The first-order chi connectivity index (χ1) is 3.72. The van der Waals surface area contributed by atoms with Gasteiger partial charge in [0.2, 0.25) is 0 Å². The minimum absolute atomic E-state index is 0.0401. The number of rotatable bonds is 1. The molecule has 3 atom stereocenters. The van der Waals surface area contributed by atoms with Crippen LogP contribution in [0.4, 0.5) is 0 Å². The standard InChI is InChI=1S/C3H6ClNO2S/c4-8(7)3-1-2-5(3)6/h3,5H,1-2H2. The number of hydroxylamine groups is 2. The minimum Gasteiger partial charge on any atom is -0.633 e. The zero-order chi connectivity index (χ0) is 6.15. The molecule has 0 aromatic heterocycles. The zero-order valence-corrected chi connectivity index (χ0v) is 5.67. The maximum absolute atomic E-state index is 10.4. The Bertz CT molecular complexity index is 120. The summed E-state index contributed by atoms with van der Waals surface area (Å²) in [6, 6.07) is 0. The molecule has 1 heterocycles. The van der Waals surface area contributed by atoms with E-state index in [9.17, 15) is 9.42 Å². The van der Waals surface area contributed by atoms with Crippen LogP contribution in [0.15, 0.2) is 0 Å². The summed E-state index contributed by atoms with van der Waals surface area (Å²) in [6.07, 6.45) is 0.703. The van der Waals surface area contributed by atoms with Gasteiger partial charge in [0.05, 0.1) is 13.0 Å². The Morgan fingerprint density at radius 1 is 1.88 bits per heavy atom. The molecule has 0 radical (unpaired) electrons. The van der Waals surface area contributed by atoms with Crippen molar-refractivity contribution in [3.05, 3.63) is 5.21 Å². The summed E-state index contributed by atoms with van der Waals surface area (Å²) in [5.74, 6) is 0. The largest absolute Gasteiger partial charge is 0.633 e. The third-order valence-electron chi connectivity index (χ3n) is 1.24. The Morgan fingerprint density at radius 2 is 2.50 bits per heavy atom. The van der Waals surface area contributed by atoms with Crippen molar-refractivity contribution in [3.8, 4) is 0 Å². The molecule has 1 aliphatic rings. The van der Waals surface area contributed by atoms with Gasteiger partial charge in [-0.25, -0.2) is 4.21 Å². The molecule has 1 saturated heterocycles. The maximum Gasteiger partial charge on any atom is 0.183 e. The van der Waals surface area contributed by atoms with Gasteiger partial charge in [-0.2, -0.15) is 0 Å². The molecule has 48 valence electrons. The lowest BCUT2D eigenvalue weighted by atomic mass is 10.3. The van der Waals surface area contributed by atoms with Gasteiger partial charge in [0.15, 0.2) is 15.4 Å². The van der Waals surface area contributed by atoms with Crippen molar-refractivity contribution in [2.45, 2.75) is 11.8 Å².